The average molecular weight is 308 g/mol. The van der Waals surface area contributed by atoms with Crippen molar-refractivity contribution in [2.24, 2.45) is 0 Å². The second-order valence-corrected chi connectivity index (χ2v) is 4.17. The van der Waals surface area contributed by atoms with E-state index in [9.17, 15) is 39.4 Å². The van der Waals surface area contributed by atoms with Crippen LogP contribution in [-0.2, 0) is 9.59 Å². The van der Waals surface area contributed by atoms with Crippen molar-refractivity contribution in [1.82, 2.24) is 0 Å². The molecule has 0 atom stereocenters. The topological polar surface area (TPSA) is 155 Å². The van der Waals surface area contributed by atoms with Crippen molar-refractivity contribution in [1.29, 1.82) is 0 Å². The predicted octanol–water partition coefficient (Wildman–Crippen LogP) is 1.05. The number of carbonyl (C=O) groups is 4. The second-order valence-electron chi connectivity index (χ2n) is 4.17. The van der Waals surface area contributed by atoms with Gasteiger partial charge in [0.1, 0.15) is 11.1 Å². The Morgan fingerprint density at radius 2 is 1.09 bits per heavy atom. The normalized spacial score (nSPS) is 9.91. The minimum atomic E-state index is -1.29. The van der Waals surface area contributed by atoms with Gasteiger partial charge in [0, 0.05) is 13.8 Å². The predicted molar refractivity (Wildman–Crippen MR) is 69.8 cm³/mol. The lowest BCUT2D eigenvalue weighted by molar-refractivity contribution is -0.394. The number of carbonyl (C=O) groups excluding carboxylic acids is 4. The fourth-order valence-corrected chi connectivity index (χ4v) is 1.62. The number of hydrogen-bond acceptors (Lipinski definition) is 8. The lowest BCUT2D eigenvalue weighted by Crippen LogP contribution is -2.17. The van der Waals surface area contributed by atoms with Crippen molar-refractivity contribution in [3.05, 3.63) is 43.5 Å². The molecule has 114 valence electrons. The molecule has 1 rings (SSSR count). The number of nitrogens with zero attached hydrogens (tertiary/aromatic N) is 2. The molecule has 1 aromatic rings. The van der Waals surface area contributed by atoms with Crippen LogP contribution in [0.2, 0.25) is 0 Å². The van der Waals surface area contributed by atoms with Gasteiger partial charge in [0.25, 0.3) is 11.4 Å². The maximum Gasteiger partial charge on any atom is 0.287 e. The minimum Gasteiger partial charge on any atom is -0.291 e. The maximum absolute atomic E-state index is 11.7. The van der Waals surface area contributed by atoms with Gasteiger partial charge in [-0.3, -0.25) is 39.4 Å². The van der Waals surface area contributed by atoms with Gasteiger partial charge >= 0.3 is 0 Å². The first-order valence-corrected chi connectivity index (χ1v) is 5.65. The maximum atomic E-state index is 11.7. The largest absolute Gasteiger partial charge is 0.291 e. The van der Waals surface area contributed by atoms with Gasteiger partial charge < -0.3 is 0 Å². The molecule has 0 fully saturated rings. The van der Waals surface area contributed by atoms with E-state index in [4.69, 9.17) is 0 Å². The van der Waals surface area contributed by atoms with Crippen molar-refractivity contribution in [3.63, 3.8) is 0 Å². The van der Waals surface area contributed by atoms with E-state index in [0.29, 0.717) is 12.1 Å². The third-order valence-corrected chi connectivity index (χ3v) is 2.64. The summed E-state index contributed by atoms with van der Waals surface area (Å²) < 4.78 is 0. The molecule has 10 nitrogen and oxygen atoms in total. The van der Waals surface area contributed by atoms with Crippen LogP contribution in [0.1, 0.15) is 34.6 Å². The van der Waals surface area contributed by atoms with E-state index >= 15 is 0 Å². The SMILES string of the molecule is CC(=O)C(=O)c1cc(C(=O)C(C)=O)c([N+](=O)[O-])cc1[N+](=O)[O-]. The fourth-order valence-electron chi connectivity index (χ4n) is 1.62. The molecule has 0 aliphatic carbocycles. The van der Waals surface area contributed by atoms with Crippen LogP contribution in [0.5, 0.6) is 0 Å². The van der Waals surface area contributed by atoms with E-state index in [0.717, 1.165) is 13.8 Å². The van der Waals surface area contributed by atoms with Gasteiger partial charge in [0.05, 0.1) is 15.9 Å². The Kier molecular flexibility index (Phi) is 4.56. The molecular weight excluding hydrogens is 300 g/mol. The zero-order valence-corrected chi connectivity index (χ0v) is 11.3. The van der Waals surface area contributed by atoms with Crippen molar-refractivity contribution < 1.29 is 29.0 Å². The van der Waals surface area contributed by atoms with E-state index in [1.54, 1.807) is 0 Å². The molecule has 0 N–H and O–H groups in total. The smallest absolute Gasteiger partial charge is 0.287 e. The lowest BCUT2D eigenvalue weighted by Gasteiger charge is -2.04. The van der Waals surface area contributed by atoms with Gasteiger partial charge in [-0.1, -0.05) is 0 Å². The molecule has 0 aromatic heterocycles. The standard InChI is InChI=1S/C12H8N2O8/c1-5(15)11(17)7-3-8(12(18)6(2)16)10(14(21)22)4-9(7)13(19)20/h3-4H,1-2H3. The van der Waals surface area contributed by atoms with Crippen LogP contribution in [0.3, 0.4) is 0 Å². The monoisotopic (exact) mass is 308 g/mol. The molecule has 22 heavy (non-hydrogen) atoms. The number of nitro benzene ring substituents is 2. The Morgan fingerprint density at radius 1 is 0.773 bits per heavy atom. The molecule has 0 radical (unpaired) electrons. The van der Waals surface area contributed by atoms with Crippen LogP contribution >= 0.6 is 0 Å². The zero-order chi connectivity index (χ0) is 17.2. The number of Topliss-reactive ketones (excluding diaryl/α,β-unsaturated/α-hetero) is 4. The number of rotatable bonds is 6. The molecule has 0 heterocycles. The number of ketones is 4. The highest BCUT2D eigenvalue weighted by Gasteiger charge is 2.32. The summed E-state index contributed by atoms with van der Waals surface area (Å²) in [7, 11) is 0. The molecule has 0 saturated heterocycles. The molecular formula is C12H8N2O8. The summed E-state index contributed by atoms with van der Waals surface area (Å²) in [5, 5.41) is 21.8. The molecule has 0 spiro atoms. The first-order chi connectivity index (χ1) is 10.1. The molecule has 0 aliphatic rings. The highest BCUT2D eigenvalue weighted by Crippen LogP contribution is 2.30. The van der Waals surface area contributed by atoms with Crippen LogP contribution < -0.4 is 0 Å². The third-order valence-electron chi connectivity index (χ3n) is 2.64. The van der Waals surface area contributed by atoms with Gasteiger partial charge in [-0.05, 0) is 6.07 Å². The first kappa shape index (κ1) is 16.8. The second kappa shape index (κ2) is 5.99. The molecule has 10 heteroatoms. The highest BCUT2D eigenvalue weighted by molar-refractivity contribution is 6.46. The summed E-state index contributed by atoms with van der Waals surface area (Å²) in [5.41, 5.74) is -3.56. The third kappa shape index (κ3) is 3.06. The van der Waals surface area contributed by atoms with E-state index in [1.165, 1.54) is 0 Å². The summed E-state index contributed by atoms with van der Waals surface area (Å²) in [6.07, 6.45) is 0. The zero-order valence-electron chi connectivity index (χ0n) is 11.3. The van der Waals surface area contributed by atoms with E-state index in [1.807, 2.05) is 0 Å². The molecule has 0 unspecified atom stereocenters. The molecule has 0 amide bonds. The first-order valence-electron chi connectivity index (χ1n) is 5.65. The minimum absolute atomic E-state index is 0.381. The molecule has 0 saturated carbocycles. The van der Waals surface area contributed by atoms with Gasteiger partial charge in [-0.25, -0.2) is 0 Å². The lowest BCUT2D eigenvalue weighted by atomic mass is 9.98. The number of benzene rings is 1. The van der Waals surface area contributed by atoms with Crippen LogP contribution in [0.25, 0.3) is 0 Å². The Labute approximate surface area is 122 Å². The Morgan fingerprint density at radius 3 is 1.32 bits per heavy atom. The van der Waals surface area contributed by atoms with Crippen molar-refractivity contribution in [2.45, 2.75) is 13.8 Å². The number of nitro groups is 2. The van der Waals surface area contributed by atoms with Gasteiger partial charge in [0.15, 0.2) is 0 Å². The van der Waals surface area contributed by atoms with Crippen LogP contribution in [-0.4, -0.2) is 33.0 Å². The summed E-state index contributed by atoms with van der Waals surface area (Å²) in [4.78, 5) is 65.2. The van der Waals surface area contributed by atoms with Gasteiger partial charge in [0.2, 0.25) is 23.1 Å². The summed E-state index contributed by atoms with van der Waals surface area (Å²) in [5.74, 6) is -4.70. The van der Waals surface area contributed by atoms with E-state index in [-0.39, 0.29) is 0 Å². The van der Waals surface area contributed by atoms with E-state index in [2.05, 4.69) is 0 Å². The summed E-state index contributed by atoms with van der Waals surface area (Å²) in [6, 6.07) is 0.913. The highest BCUT2D eigenvalue weighted by atomic mass is 16.6. The van der Waals surface area contributed by atoms with Crippen molar-refractivity contribution in [2.75, 3.05) is 0 Å². The van der Waals surface area contributed by atoms with Crippen molar-refractivity contribution in [3.8, 4) is 0 Å². The quantitative estimate of drug-likeness (QED) is 0.326. The Hall–Kier alpha value is -3.30. The van der Waals surface area contributed by atoms with Crippen LogP contribution in [0.15, 0.2) is 12.1 Å². The fraction of sp³-hybridized carbons (Fsp3) is 0.167. The average Bonchev–Trinajstić information content (AvgIpc) is 2.43. The summed E-state index contributed by atoms with van der Waals surface area (Å²) >= 11 is 0. The molecule has 0 aliphatic heterocycles. The Balaban J connectivity index is 3.81. The van der Waals surface area contributed by atoms with Crippen LogP contribution in [0, 0.1) is 20.2 Å². The Bertz CT molecular complexity index is 690. The van der Waals surface area contributed by atoms with Gasteiger partial charge in [-0.15, -0.1) is 0 Å². The van der Waals surface area contributed by atoms with Crippen molar-refractivity contribution >= 4 is 34.5 Å². The number of hydrogen-bond donors (Lipinski definition) is 0. The summed E-state index contributed by atoms with van der Waals surface area (Å²) in [6.45, 7) is 1.69. The van der Waals surface area contributed by atoms with Crippen LogP contribution in [0.4, 0.5) is 11.4 Å². The van der Waals surface area contributed by atoms with E-state index < -0.39 is 55.5 Å². The van der Waals surface area contributed by atoms with Gasteiger partial charge in [-0.2, -0.15) is 0 Å². The molecule has 1 aromatic carbocycles. The molecule has 0 bridgehead atoms.